The number of thioether (sulfide) groups is 1. The van der Waals surface area contributed by atoms with Gasteiger partial charge < -0.3 is 64.9 Å². The fourth-order valence-corrected chi connectivity index (χ4v) is 10.3. The third-order valence-corrected chi connectivity index (χ3v) is 14.1. The lowest BCUT2D eigenvalue weighted by Gasteiger charge is -2.27. The molecule has 6 N–H and O–H groups in total. The summed E-state index contributed by atoms with van der Waals surface area (Å²) in [6, 6.07) is 12.1. The number of ether oxygens (including phenoxy) is 6. The van der Waals surface area contributed by atoms with Gasteiger partial charge in [0.05, 0.1) is 134 Å². The van der Waals surface area contributed by atoms with E-state index in [1.54, 1.807) is 40.0 Å². The molecule has 0 saturated carbocycles. The third kappa shape index (κ3) is 15.5. The summed E-state index contributed by atoms with van der Waals surface area (Å²) in [6.07, 6.45) is 6.84. The van der Waals surface area contributed by atoms with E-state index in [-0.39, 0.29) is 55.4 Å². The minimum absolute atomic E-state index is 0.0258. The third-order valence-electron chi connectivity index (χ3n) is 12.5. The normalized spacial score (nSPS) is 17.4. The lowest BCUT2D eigenvalue weighted by Crippen LogP contribution is -2.37. The van der Waals surface area contributed by atoms with Crippen LogP contribution < -0.4 is 31.5 Å². The molecule has 3 aliphatic rings. The molecule has 6 aromatic rings. The van der Waals surface area contributed by atoms with Gasteiger partial charge >= 0.3 is 6.03 Å². The number of nitrogens with zero attached hydrogens (tertiary/aromatic N) is 9. The number of aromatic amines is 1. The van der Waals surface area contributed by atoms with Crippen LogP contribution in [0.2, 0.25) is 0 Å². The van der Waals surface area contributed by atoms with Crippen LogP contribution in [0.15, 0.2) is 55.0 Å². The lowest BCUT2D eigenvalue weighted by atomic mass is 10.0. The zero-order valence-electron chi connectivity index (χ0n) is 41.7. The molecule has 0 spiro atoms. The van der Waals surface area contributed by atoms with Gasteiger partial charge in [0.1, 0.15) is 23.7 Å². The summed E-state index contributed by atoms with van der Waals surface area (Å²) in [4.78, 5) is 60.8. The van der Waals surface area contributed by atoms with E-state index in [2.05, 4.69) is 46.9 Å². The van der Waals surface area contributed by atoms with Crippen LogP contribution in [0.4, 0.5) is 26.6 Å². The van der Waals surface area contributed by atoms with E-state index in [9.17, 15) is 18.8 Å². The molecule has 26 heteroatoms. The highest BCUT2D eigenvalue weighted by Gasteiger charge is 2.42. The minimum atomic E-state index is -0.362. The molecule has 2 aromatic carbocycles. The van der Waals surface area contributed by atoms with Crippen LogP contribution in [0.5, 0.6) is 0 Å². The number of morpholine rings is 1. The van der Waals surface area contributed by atoms with Crippen LogP contribution in [0.1, 0.15) is 43.6 Å². The van der Waals surface area contributed by atoms with E-state index >= 15 is 0 Å². The van der Waals surface area contributed by atoms with Crippen molar-refractivity contribution >= 4 is 69.3 Å². The van der Waals surface area contributed by atoms with Gasteiger partial charge in [-0.2, -0.15) is 21.7 Å². The van der Waals surface area contributed by atoms with Crippen molar-refractivity contribution in [2.24, 2.45) is 0 Å². The molecule has 4 aromatic heterocycles. The number of hydrogen-bond acceptors (Lipinski definition) is 18. The van der Waals surface area contributed by atoms with Crippen LogP contribution in [-0.4, -0.2) is 178 Å². The molecule has 9 rings (SSSR count). The molecule has 3 fully saturated rings. The van der Waals surface area contributed by atoms with Gasteiger partial charge in [-0.05, 0) is 49.2 Å². The average molecular weight is 1060 g/mol. The summed E-state index contributed by atoms with van der Waals surface area (Å²) in [6.45, 7) is 7.39. The van der Waals surface area contributed by atoms with Crippen molar-refractivity contribution in [2.45, 2.75) is 69.1 Å². The van der Waals surface area contributed by atoms with Gasteiger partial charge in [-0.15, -0.1) is 5.10 Å². The first-order valence-electron chi connectivity index (χ1n) is 25.4. The number of rotatable bonds is 31. The summed E-state index contributed by atoms with van der Waals surface area (Å²) in [7, 11) is 0. The highest BCUT2D eigenvalue weighted by Crippen LogP contribution is 2.33. The van der Waals surface area contributed by atoms with E-state index in [0.717, 1.165) is 36.0 Å². The molecule has 2 unspecified atom stereocenters. The van der Waals surface area contributed by atoms with Crippen molar-refractivity contribution in [2.75, 3.05) is 114 Å². The quantitative estimate of drug-likeness (QED) is 0.0269. The highest BCUT2D eigenvalue weighted by atomic mass is 32.2. The van der Waals surface area contributed by atoms with Gasteiger partial charge in [-0.3, -0.25) is 14.2 Å². The number of carbonyl (C=O) groups is 3. The molecule has 0 radical (unpaired) electrons. The molecule has 0 aliphatic carbocycles. The van der Waals surface area contributed by atoms with Crippen LogP contribution in [0.25, 0.3) is 27.9 Å². The first kappa shape index (κ1) is 53.3. The molecule has 3 aliphatic heterocycles. The van der Waals surface area contributed by atoms with Gasteiger partial charge in [-0.1, -0.05) is 17.7 Å². The van der Waals surface area contributed by atoms with Crippen molar-refractivity contribution in [3.05, 3.63) is 72.3 Å². The van der Waals surface area contributed by atoms with Gasteiger partial charge in [0.15, 0.2) is 17.0 Å². The fourth-order valence-electron chi connectivity index (χ4n) is 8.75. The van der Waals surface area contributed by atoms with E-state index in [1.807, 2.05) is 28.8 Å². The Morgan fingerprint density at radius 2 is 1.68 bits per heavy atom. The van der Waals surface area contributed by atoms with E-state index in [4.69, 9.17) is 43.4 Å². The van der Waals surface area contributed by atoms with Gasteiger partial charge in [0.25, 0.3) is 0 Å². The minimum Gasteiger partial charge on any atom is -0.379 e. The number of benzene rings is 2. The molecule has 4 amide bonds. The molecular weight excluding hydrogens is 994 g/mol. The Morgan fingerprint density at radius 3 is 2.53 bits per heavy atom. The number of unbranched alkanes of at least 4 members (excludes halogenated alkanes) is 1. The zero-order valence-corrected chi connectivity index (χ0v) is 42.5. The average Bonchev–Trinajstić information content (AvgIpc) is 4.27. The number of amides is 4. The van der Waals surface area contributed by atoms with Crippen molar-refractivity contribution in [1.29, 1.82) is 0 Å². The standard InChI is InChI=1S/C49H64FN15O9S/c50-33-4-3-5-36(26-33)65-32-53-45-46(59-48(60-47(45)65)63-12-17-71-18-13-63)52-28-41-55-37-9-8-34(27-38(37)56-41)54-43(67)10-15-69-24-25-74-30-35-29-64(62-61-35)14-19-72-21-23-73-22-20-70-16-11-51-42(66)7-2-1-6-40-44-39(31-75-40)57-49(68)58-44/h3-5,8-9,26-27,29,32,39-40,44H,1-2,6-7,10-25,28,30-31H2,(H,51,66)(H,54,67)(H,55,56)(H,52,59,60)(H2,57,58,68)/t39?,40-,44?/m1/s1. The molecule has 75 heavy (non-hydrogen) atoms. The predicted molar refractivity (Wildman–Crippen MR) is 276 cm³/mol. The van der Waals surface area contributed by atoms with Gasteiger partial charge in [0.2, 0.25) is 17.8 Å². The van der Waals surface area contributed by atoms with Gasteiger partial charge in [-0.25, -0.2) is 23.8 Å². The number of nitrogens with one attached hydrogen (secondary N) is 6. The molecule has 3 saturated heterocycles. The molecule has 402 valence electrons. The number of hydrogen-bond donors (Lipinski definition) is 6. The maximum absolute atomic E-state index is 14.2. The Bertz CT molecular complexity index is 2810. The van der Waals surface area contributed by atoms with Crippen LogP contribution in [-0.2, 0) is 57.7 Å². The predicted octanol–water partition coefficient (Wildman–Crippen LogP) is 3.32. The fraction of sp³-hybridized carbons (Fsp3) is 0.531. The maximum atomic E-state index is 14.2. The second kappa shape index (κ2) is 27.3. The second-order valence-electron chi connectivity index (χ2n) is 18.0. The van der Waals surface area contributed by atoms with Gasteiger partial charge in [0, 0.05) is 42.7 Å². The van der Waals surface area contributed by atoms with E-state index in [0.29, 0.717) is 156 Å². The summed E-state index contributed by atoms with van der Waals surface area (Å²) in [5.74, 6) is 2.09. The molecule has 24 nitrogen and oxygen atoms in total. The van der Waals surface area contributed by atoms with Crippen LogP contribution in [0, 0.1) is 5.82 Å². The van der Waals surface area contributed by atoms with Crippen LogP contribution >= 0.6 is 11.8 Å². The Balaban J connectivity index is 0.581. The lowest BCUT2D eigenvalue weighted by molar-refractivity contribution is -0.121. The number of halogens is 1. The van der Waals surface area contributed by atoms with Crippen molar-refractivity contribution in [3.63, 3.8) is 0 Å². The number of anilines is 3. The van der Waals surface area contributed by atoms with Crippen molar-refractivity contribution < 1.29 is 47.2 Å². The molecule has 0 bridgehead atoms. The Hall–Kier alpha value is -6.55. The number of carbonyl (C=O) groups excluding carboxylic acids is 3. The topological polar surface area (TPSA) is 273 Å². The van der Waals surface area contributed by atoms with Crippen LogP contribution in [0.3, 0.4) is 0 Å². The number of H-pyrrole nitrogens is 1. The highest BCUT2D eigenvalue weighted by molar-refractivity contribution is 8.00. The first-order valence-corrected chi connectivity index (χ1v) is 26.5. The summed E-state index contributed by atoms with van der Waals surface area (Å²) >= 11 is 1.89. The summed E-state index contributed by atoms with van der Waals surface area (Å²) in [5, 5.41) is 23.8. The number of aromatic nitrogens is 9. The SMILES string of the molecule is O=C(CCCC[C@H]1SCC2NC(=O)NC21)NCCOCCOCCOCCn1cc(COCCOCCC(=O)Nc2ccc3nc(CNc4nc(N5CCOCC5)nc5c4ncn5-c4cccc(F)c4)[nH]c3c2)nn1. The van der Waals surface area contributed by atoms with E-state index in [1.165, 1.54) is 12.1 Å². The Labute approximate surface area is 436 Å². The monoisotopic (exact) mass is 1060 g/mol. The largest absolute Gasteiger partial charge is 0.379 e. The molecule has 7 heterocycles. The smallest absolute Gasteiger partial charge is 0.315 e. The number of urea groups is 1. The zero-order chi connectivity index (χ0) is 51.6. The number of fused-ring (bicyclic) bond motifs is 3. The first-order chi connectivity index (χ1) is 36.8. The second-order valence-corrected chi connectivity index (χ2v) is 19.3. The van der Waals surface area contributed by atoms with Crippen molar-refractivity contribution in [1.82, 2.24) is 60.4 Å². The Morgan fingerprint density at radius 1 is 0.867 bits per heavy atom. The summed E-state index contributed by atoms with van der Waals surface area (Å²) in [5.41, 5.74) is 4.43. The van der Waals surface area contributed by atoms with Crippen molar-refractivity contribution in [3.8, 4) is 5.69 Å². The maximum Gasteiger partial charge on any atom is 0.315 e. The Kier molecular flexibility index (Phi) is 19.4. The summed E-state index contributed by atoms with van der Waals surface area (Å²) < 4.78 is 51.3. The number of imidazole rings is 2. The van der Waals surface area contributed by atoms with E-state index < -0.39 is 0 Å². The molecule has 3 atom stereocenters. The molecular formula is C49H64FN15O9S.